The Labute approximate surface area is 147 Å². The molecule has 140 valence electrons. The molecule has 0 aliphatic carbocycles. The zero-order valence-electron chi connectivity index (χ0n) is 13.6. The van der Waals surface area contributed by atoms with Gasteiger partial charge in [-0.05, 0) is 42.8 Å². The smallest absolute Gasteiger partial charge is 0.416 e. The molecule has 0 fully saturated rings. The van der Waals surface area contributed by atoms with E-state index in [-0.39, 0.29) is 12.2 Å². The van der Waals surface area contributed by atoms with Crippen molar-refractivity contribution in [2.45, 2.75) is 19.2 Å². The van der Waals surface area contributed by atoms with Gasteiger partial charge in [-0.15, -0.1) is 0 Å². The van der Waals surface area contributed by atoms with E-state index in [9.17, 15) is 22.8 Å². The van der Waals surface area contributed by atoms with Crippen molar-refractivity contribution in [2.24, 2.45) is 0 Å². The molecule has 0 spiro atoms. The van der Waals surface area contributed by atoms with Gasteiger partial charge in [0.2, 0.25) is 0 Å². The van der Waals surface area contributed by atoms with Crippen LogP contribution in [0.4, 0.5) is 18.9 Å². The molecule has 1 aromatic carbocycles. The fourth-order valence-corrected chi connectivity index (χ4v) is 1.95. The number of carbonyl (C=O) groups is 2. The highest BCUT2D eigenvalue weighted by Crippen LogP contribution is 2.29. The van der Waals surface area contributed by atoms with Gasteiger partial charge >= 0.3 is 18.0 Å². The number of nitrogens with one attached hydrogen (secondary N) is 2. The number of hydrogen-bond acceptors (Lipinski definition) is 4. The zero-order chi connectivity index (χ0) is 19.0. The van der Waals surface area contributed by atoms with Crippen LogP contribution >= 0.6 is 0 Å². The van der Waals surface area contributed by atoms with Gasteiger partial charge < -0.3 is 19.8 Å². The van der Waals surface area contributed by atoms with Crippen molar-refractivity contribution in [3.63, 3.8) is 0 Å². The normalized spacial score (nSPS) is 11.2. The third-order valence-electron chi connectivity index (χ3n) is 3.25. The predicted octanol–water partition coefficient (Wildman–Crippen LogP) is 2.96. The third-order valence-corrected chi connectivity index (χ3v) is 3.25. The van der Waals surface area contributed by atoms with Crippen LogP contribution in [0.1, 0.15) is 17.7 Å². The summed E-state index contributed by atoms with van der Waals surface area (Å²) in [5, 5.41) is 4.63. The van der Waals surface area contributed by atoms with Crippen LogP contribution in [-0.4, -0.2) is 25.0 Å². The Balaban J connectivity index is 1.65. The molecule has 0 saturated carbocycles. The van der Waals surface area contributed by atoms with Crippen molar-refractivity contribution in [3.8, 4) is 0 Å². The number of benzene rings is 1. The van der Waals surface area contributed by atoms with Gasteiger partial charge in [-0.25, -0.2) is 0 Å². The minimum Gasteiger partial charge on any atom is -0.467 e. The van der Waals surface area contributed by atoms with E-state index in [0.29, 0.717) is 25.4 Å². The standard InChI is InChI=1S/C17H17F3N2O4/c18-17(19,20)12-4-6-13(7-5-12)22-16(24)15(23)21-8-2-9-25-11-14-3-1-10-26-14/h1,3-7,10H,2,8-9,11H2,(H,21,23)(H,22,24). The first-order valence-corrected chi connectivity index (χ1v) is 7.73. The maximum Gasteiger partial charge on any atom is 0.416 e. The van der Waals surface area contributed by atoms with Gasteiger partial charge in [-0.2, -0.15) is 13.2 Å². The molecule has 2 rings (SSSR count). The van der Waals surface area contributed by atoms with Crippen LogP contribution in [0.25, 0.3) is 0 Å². The molecule has 2 amide bonds. The Hall–Kier alpha value is -2.81. The summed E-state index contributed by atoms with van der Waals surface area (Å²) in [7, 11) is 0. The summed E-state index contributed by atoms with van der Waals surface area (Å²) in [5.74, 6) is -1.15. The van der Waals surface area contributed by atoms with Crippen LogP contribution in [0, 0.1) is 0 Å². The molecule has 0 bridgehead atoms. The molecule has 0 radical (unpaired) electrons. The first-order chi connectivity index (χ1) is 12.4. The molecule has 6 nitrogen and oxygen atoms in total. The zero-order valence-corrected chi connectivity index (χ0v) is 13.6. The lowest BCUT2D eigenvalue weighted by molar-refractivity contribution is -0.137. The number of anilines is 1. The summed E-state index contributed by atoms with van der Waals surface area (Å²) >= 11 is 0. The Morgan fingerprint density at radius 2 is 1.81 bits per heavy atom. The lowest BCUT2D eigenvalue weighted by Gasteiger charge is -2.09. The van der Waals surface area contributed by atoms with E-state index >= 15 is 0 Å². The van der Waals surface area contributed by atoms with E-state index in [4.69, 9.17) is 9.15 Å². The molecule has 2 N–H and O–H groups in total. The summed E-state index contributed by atoms with van der Waals surface area (Å²) in [6.07, 6.45) is -2.44. The van der Waals surface area contributed by atoms with Crippen LogP contribution in [-0.2, 0) is 27.1 Å². The minimum atomic E-state index is -4.46. The number of halogens is 3. The molecule has 2 aromatic rings. The summed E-state index contributed by atoms with van der Waals surface area (Å²) in [6, 6.07) is 7.32. The predicted molar refractivity (Wildman–Crippen MR) is 86.1 cm³/mol. The van der Waals surface area contributed by atoms with E-state index in [1.807, 2.05) is 0 Å². The van der Waals surface area contributed by atoms with Gasteiger partial charge in [0.1, 0.15) is 12.4 Å². The van der Waals surface area contributed by atoms with Gasteiger partial charge in [0.15, 0.2) is 0 Å². The number of ether oxygens (including phenoxy) is 1. The average molecular weight is 370 g/mol. The molecule has 0 saturated heterocycles. The van der Waals surface area contributed by atoms with Crippen molar-refractivity contribution >= 4 is 17.5 Å². The van der Waals surface area contributed by atoms with Gasteiger partial charge in [-0.3, -0.25) is 9.59 Å². The Morgan fingerprint density at radius 1 is 1.08 bits per heavy atom. The lowest BCUT2D eigenvalue weighted by atomic mass is 10.2. The molecular weight excluding hydrogens is 353 g/mol. The SMILES string of the molecule is O=C(NCCCOCc1ccco1)C(=O)Nc1ccc(C(F)(F)F)cc1. The average Bonchev–Trinajstić information content (AvgIpc) is 3.10. The van der Waals surface area contributed by atoms with Crippen molar-refractivity contribution in [2.75, 3.05) is 18.5 Å². The Bertz CT molecular complexity index is 713. The number of alkyl halides is 3. The number of hydrogen-bond donors (Lipinski definition) is 2. The quantitative estimate of drug-likeness (QED) is 0.580. The number of rotatable bonds is 7. The molecular formula is C17H17F3N2O4. The third kappa shape index (κ3) is 6.25. The topological polar surface area (TPSA) is 80.6 Å². The highest BCUT2D eigenvalue weighted by Gasteiger charge is 2.30. The van der Waals surface area contributed by atoms with Crippen LogP contribution in [0.15, 0.2) is 47.1 Å². The maximum absolute atomic E-state index is 12.5. The fraction of sp³-hybridized carbons (Fsp3) is 0.294. The van der Waals surface area contributed by atoms with Gasteiger partial charge in [0.05, 0.1) is 11.8 Å². The number of amides is 2. The molecule has 26 heavy (non-hydrogen) atoms. The lowest BCUT2D eigenvalue weighted by Crippen LogP contribution is -2.36. The largest absolute Gasteiger partial charge is 0.467 e. The molecule has 0 atom stereocenters. The molecule has 0 aliphatic heterocycles. The second kappa shape index (κ2) is 9.04. The monoisotopic (exact) mass is 370 g/mol. The number of furan rings is 1. The van der Waals surface area contributed by atoms with Crippen molar-refractivity contribution in [1.29, 1.82) is 0 Å². The highest BCUT2D eigenvalue weighted by molar-refractivity contribution is 6.39. The molecule has 0 aliphatic rings. The number of carbonyl (C=O) groups excluding carboxylic acids is 2. The van der Waals surface area contributed by atoms with Crippen LogP contribution < -0.4 is 10.6 Å². The van der Waals surface area contributed by atoms with Gasteiger partial charge in [-0.1, -0.05) is 0 Å². The second-order valence-electron chi connectivity index (χ2n) is 5.27. The molecule has 1 heterocycles. The van der Waals surface area contributed by atoms with Crippen molar-refractivity contribution in [3.05, 3.63) is 54.0 Å². The van der Waals surface area contributed by atoms with Gasteiger partial charge in [0.25, 0.3) is 0 Å². The van der Waals surface area contributed by atoms with Gasteiger partial charge in [0, 0.05) is 18.8 Å². The van der Waals surface area contributed by atoms with E-state index in [0.717, 1.165) is 24.3 Å². The molecule has 9 heteroatoms. The highest BCUT2D eigenvalue weighted by atomic mass is 19.4. The summed E-state index contributed by atoms with van der Waals surface area (Å²) in [6.45, 7) is 0.897. The van der Waals surface area contributed by atoms with Crippen LogP contribution in [0.3, 0.4) is 0 Å². The molecule has 0 unspecified atom stereocenters. The van der Waals surface area contributed by atoms with Crippen molar-refractivity contribution in [1.82, 2.24) is 5.32 Å². The maximum atomic E-state index is 12.5. The van der Waals surface area contributed by atoms with E-state index in [2.05, 4.69) is 10.6 Å². The Morgan fingerprint density at radius 3 is 2.42 bits per heavy atom. The summed E-state index contributed by atoms with van der Waals surface area (Å²) in [4.78, 5) is 23.3. The second-order valence-corrected chi connectivity index (χ2v) is 5.27. The Kier molecular flexibility index (Phi) is 6.79. The van der Waals surface area contributed by atoms with E-state index < -0.39 is 23.6 Å². The molecule has 1 aromatic heterocycles. The van der Waals surface area contributed by atoms with Crippen LogP contribution in [0.5, 0.6) is 0 Å². The van der Waals surface area contributed by atoms with Crippen LogP contribution in [0.2, 0.25) is 0 Å². The van der Waals surface area contributed by atoms with E-state index in [1.165, 1.54) is 6.26 Å². The van der Waals surface area contributed by atoms with E-state index in [1.54, 1.807) is 12.1 Å². The summed E-state index contributed by atoms with van der Waals surface area (Å²) in [5.41, 5.74) is -0.741. The first kappa shape index (κ1) is 19.5. The van der Waals surface area contributed by atoms with Crippen molar-refractivity contribution < 1.29 is 31.9 Å². The fourth-order valence-electron chi connectivity index (χ4n) is 1.95. The first-order valence-electron chi connectivity index (χ1n) is 7.73. The summed E-state index contributed by atoms with van der Waals surface area (Å²) < 4.78 is 47.8. The minimum absolute atomic E-state index is 0.0972.